The van der Waals surface area contributed by atoms with Gasteiger partial charge in [0.05, 0.1) is 11.2 Å². The van der Waals surface area contributed by atoms with E-state index in [0.29, 0.717) is 42.7 Å². The van der Waals surface area contributed by atoms with E-state index in [-0.39, 0.29) is 11.8 Å². The smallest absolute Gasteiger partial charge is 0.179 e. The second kappa shape index (κ2) is 9.32. The molecule has 2 saturated heterocycles. The average Bonchev–Trinajstić information content (AvgIpc) is 3.03. The highest BCUT2D eigenvalue weighted by atomic mass is 32.3. The van der Waals surface area contributed by atoms with Crippen LogP contribution in [0.1, 0.15) is 31.6 Å². The standard InChI is InChI=1S/C27H31F2N3O3S/c1-19-17-27(18-30(2)36(34,35)32(27)23-10-6-9-22(28)16-23)13-14-31(19)26(29)21-11-12-25(33)24(15-21)20-7-4-3-5-8-20/h3-12,15-16,19,26,33-35H,13-14,17-18H2,1-2H3/t19-,26?,27+/m0/s1. The number of halogens is 2. The van der Waals surface area contributed by atoms with Gasteiger partial charge in [-0.15, -0.1) is 0 Å². The fourth-order valence-electron chi connectivity index (χ4n) is 5.72. The second-order valence-corrected chi connectivity index (χ2v) is 11.8. The summed E-state index contributed by atoms with van der Waals surface area (Å²) in [6.07, 6.45) is -0.464. The first-order chi connectivity index (χ1) is 17.1. The molecule has 0 aliphatic carbocycles. The van der Waals surface area contributed by atoms with E-state index in [1.165, 1.54) is 22.5 Å². The third-order valence-electron chi connectivity index (χ3n) is 7.40. The second-order valence-electron chi connectivity index (χ2n) is 9.79. The quantitative estimate of drug-likeness (QED) is 0.348. The van der Waals surface area contributed by atoms with Gasteiger partial charge in [-0.05, 0) is 55.7 Å². The number of hydrogen-bond acceptors (Lipinski definition) is 6. The third-order valence-corrected chi connectivity index (χ3v) is 9.46. The molecule has 1 spiro atoms. The minimum atomic E-state index is -3.34. The van der Waals surface area contributed by atoms with Crippen LogP contribution in [0.4, 0.5) is 14.5 Å². The summed E-state index contributed by atoms with van der Waals surface area (Å²) in [6.45, 7) is 2.68. The zero-order valence-electron chi connectivity index (χ0n) is 20.3. The molecule has 2 heterocycles. The van der Waals surface area contributed by atoms with Gasteiger partial charge in [0.15, 0.2) is 6.30 Å². The lowest BCUT2D eigenvalue weighted by atomic mass is 9.82. The lowest BCUT2D eigenvalue weighted by molar-refractivity contribution is 0.00200. The Morgan fingerprint density at radius 1 is 1.03 bits per heavy atom. The van der Waals surface area contributed by atoms with E-state index in [2.05, 4.69) is 0 Å². The Morgan fingerprint density at radius 2 is 1.78 bits per heavy atom. The molecule has 3 aromatic carbocycles. The van der Waals surface area contributed by atoms with Crippen molar-refractivity contribution >= 4 is 16.6 Å². The van der Waals surface area contributed by atoms with E-state index >= 15 is 4.39 Å². The zero-order valence-corrected chi connectivity index (χ0v) is 21.1. The van der Waals surface area contributed by atoms with Crippen LogP contribution < -0.4 is 4.31 Å². The van der Waals surface area contributed by atoms with Gasteiger partial charge in [-0.1, -0.05) is 53.4 Å². The Bertz CT molecular complexity index is 1250. The number of hydrogen-bond donors (Lipinski definition) is 3. The maximum atomic E-state index is 16.0. The Hall–Kier alpha value is -2.69. The molecule has 2 aliphatic rings. The first-order valence-electron chi connectivity index (χ1n) is 12.0. The molecule has 3 atom stereocenters. The highest BCUT2D eigenvalue weighted by Crippen LogP contribution is 2.61. The van der Waals surface area contributed by atoms with Crippen LogP contribution in [0.15, 0.2) is 72.8 Å². The summed E-state index contributed by atoms with van der Waals surface area (Å²) in [5.41, 5.74) is 1.55. The predicted octanol–water partition coefficient (Wildman–Crippen LogP) is 6.42. The number of aromatic hydroxyl groups is 1. The van der Waals surface area contributed by atoms with Crippen molar-refractivity contribution in [2.75, 3.05) is 24.4 Å². The van der Waals surface area contributed by atoms with Crippen LogP contribution in [0.2, 0.25) is 0 Å². The van der Waals surface area contributed by atoms with E-state index < -0.39 is 28.6 Å². The number of likely N-dealkylation sites (N-methyl/N-ethyl adjacent to an activating group) is 1. The number of piperidine rings is 1. The molecular weight excluding hydrogens is 484 g/mol. The topological polar surface area (TPSA) is 70.4 Å². The van der Waals surface area contributed by atoms with Gasteiger partial charge in [0.25, 0.3) is 0 Å². The largest absolute Gasteiger partial charge is 0.507 e. The molecule has 2 fully saturated rings. The summed E-state index contributed by atoms with van der Waals surface area (Å²) in [5.74, 6) is -0.365. The van der Waals surface area contributed by atoms with Crippen molar-refractivity contribution in [1.82, 2.24) is 9.21 Å². The molecule has 5 rings (SSSR count). The van der Waals surface area contributed by atoms with E-state index in [4.69, 9.17) is 0 Å². The number of likely N-dealkylation sites (tertiary alicyclic amines) is 1. The van der Waals surface area contributed by atoms with Crippen LogP contribution >= 0.6 is 11.0 Å². The maximum absolute atomic E-state index is 16.0. The summed E-state index contributed by atoms with van der Waals surface area (Å²) in [6, 6.07) is 19.8. The molecule has 1 unspecified atom stereocenters. The van der Waals surface area contributed by atoms with Crippen LogP contribution in [0.25, 0.3) is 11.1 Å². The van der Waals surface area contributed by atoms with Crippen molar-refractivity contribution in [1.29, 1.82) is 0 Å². The fourth-order valence-corrected chi connectivity index (χ4v) is 7.55. The first-order valence-corrected chi connectivity index (χ1v) is 13.4. The molecule has 36 heavy (non-hydrogen) atoms. The molecule has 2 aliphatic heterocycles. The first kappa shape index (κ1) is 25.0. The number of alkyl halides is 1. The van der Waals surface area contributed by atoms with E-state index in [1.54, 1.807) is 40.5 Å². The number of benzene rings is 3. The Kier molecular flexibility index (Phi) is 6.46. The molecule has 0 bridgehead atoms. The lowest BCUT2D eigenvalue weighted by Crippen LogP contribution is -2.57. The van der Waals surface area contributed by atoms with Gasteiger partial charge in [-0.3, -0.25) is 18.3 Å². The lowest BCUT2D eigenvalue weighted by Gasteiger charge is -2.51. The molecule has 0 aromatic heterocycles. The minimum Gasteiger partial charge on any atom is -0.507 e. The SMILES string of the molecule is C[C@H]1C[C@]2(CCN1C(F)c1ccc(O)c(-c3ccccc3)c1)CN(C)S(O)(O)N2c1cccc(F)c1. The van der Waals surface area contributed by atoms with Gasteiger partial charge in [0.2, 0.25) is 0 Å². The average molecular weight is 516 g/mol. The van der Waals surface area contributed by atoms with Gasteiger partial charge >= 0.3 is 0 Å². The van der Waals surface area contributed by atoms with Crippen LogP contribution in [-0.2, 0) is 0 Å². The van der Waals surface area contributed by atoms with E-state index in [0.717, 1.165) is 5.56 Å². The molecule has 192 valence electrons. The van der Waals surface area contributed by atoms with Crippen molar-refractivity contribution in [3.05, 3.63) is 84.2 Å². The van der Waals surface area contributed by atoms with Gasteiger partial charge < -0.3 is 5.11 Å². The normalized spacial score (nSPS) is 26.3. The Balaban J connectivity index is 1.42. The molecular formula is C27H31F2N3O3S. The molecule has 0 saturated carbocycles. The van der Waals surface area contributed by atoms with Crippen LogP contribution in [0.5, 0.6) is 5.75 Å². The van der Waals surface area contributed by atoms with Crippen molar-refractivity contribution < 1.29 is 23.0 Å². The van der Waals surface area contributed by atoms with Crippen LogP contribution in [0, 0.1) is 5.82 Å². The highest BCUT2D eigenvalue weighted by molar-refractivity contribution is 8.23. The molecule has 9 heteroatoms. The fraction of sp³-hybridized carbons (Fsp3) is 0.333. The van der Waals surface area contributed by atoms with Gasteiger partial charge in [0.1, 0.15) is 11.6 Å². The van der Waals surface area contributed by atoms with Crippen molar-refractivity contribution in [2.45, 2.75) is 37.6 Å². The Labute approximate surface area is 212 Å². The van der Waals surface area contributed by atoms with Gasteiger partial charge in [-0.25, -0.2) is 8.78 Å². The minimum absolute atomic E-state index is 0.0905. The number of phenolic OH excluding ortho intramolecular Hbond substituents is 1. The number of anilines is 1. The molecule has 0 amide bonds. The Morgan fingerprint density at radius 3 is 2.47 bits per heavy atom. The summed E-state index contributed by atoms with van der Waals surface area (Å²) in [4.78, 5) is 1.76. The number of rotatable bonds is 4. The summed E-state index contributed by atoms with van der Waals surface area (Å²) in [7, 11) is -1.69. The van der Waals surface area contributed by atoms with Crippen molar-refractivity contribution in [2.24, 2.45) is 0 Å². The number of phenols is 1. The summed E-state index contributed by atoms with van der Waals surface area (Å²) in [5, 5.41) is 10.4. The molecule has 0 radical (unpaired) electrons. The maximum Gasteiger partial charge on any atom is 0.179 e. The van der Waals surface area contributed by atoms with Crippen molar-refractivity contribution in [3.8, 4) is 16.9 Å². The predicted molar refractivity (Wildman–Crippen MR) is 140 cm³/mol. The number of nitrogens with zero attached hydrogens (tertiary/aromatic N) is 3. The molecule has 6 nitrogen and oxygen atoms in total. The highest BCUT2D eigenvalue weighted by Gasteiger charge is 2.56. The van der Waals surface area contributed by atoms with Gasteiger partial charge in [-0.2, -0.15) is 4.31 Å². The molecule has 3 N–H and O–H groups in total. The van der Waals surface area contributed by atoms with Gasteiger partial charge in [0, 0.05) is 37.3 Å². The van der Waals surface area contributed by atoms with E-state index in [1.807, 2.05) is 37.3 Å². The van der Waals surface area contributed by atoms with Crippen LogP contribution in [-0.4, -0.2) is 55.1 Å². The zero-order chi connectivity index (χ0) is 25.7. The monoisotopic (exact) mass is 515 g/mol. The summed E-state index contributed by atoms with van der Waals surface area (Å²) < 4.78 is 55.2. The molecule has 3 aromatic rings. The van der Waals surface area contributed by atoms with E-state index in [9.17, 15) is 18.6 Å². The van der Waals surface area contributed by atoms with Crippen molar-refractivity contribution in [3.63, 3.8) is 0 Å². The van der Waals surface area contributed by atoms with Crippen LogP contribution in [0.3, 0.4) is 0 Å². The third kappa shape index (κ3) is 4.25. The summed E-state index contributed by atoms with van der Waals surface area (Å²) >= 11 is 0.